The standard InChI is InChI=1S/C17H32O2/c1-14(15-9-8-10-16(2,3)13-15)19-17(4,5)11-6-7-12-18/h12,14-15H,6-11,13H2,1-5H3. The molecule has 2 atom stereocenters. The molecule has 0 radical (unpaired) electrons. The van der Waals surface area contributed by atoms with E-state index in [1.54, 1.807) is 0 Å². The Morgan fingerprint density at radius 3 is 2.68 bits per heavy atom. The fourth-order valence-corrected chi connectivity index (χ4v) is 3.43. The van der Waals surface area contributed by atoms with Crippen molar-refractivity contribution in [3.8, 4) is 0 Å². The fraction of sp³-hybridized carbons (Fsp3) is 0.941. The van der Waals surface area contributed by atoms with Crippen LogP contribution >= 0.6 is 0 Å². The van der Waals surface area contributed by atoms with E-state index in [1.807, 2.05) is 0 Å². The summed E-state index contributed by atoms with van der Waals surface area (Å²) in [5.74, 6) is 0.689. The van der Waals surface area contributed by atoms with E-state index in [4.69, 9.17) is 4.74 Å². The molecule has 1 fully saturated rings. The van der Waals surface area contributed by atoms with Gasteiger partial charge in [0.05, 0.1) is 11.7 Å². The summed E-state index contributed by atoms with van der Waals surface area (Å²) in [4.78, 5) is 10.4. The fourth-order valence-electron chi connectivity index (χ4n) is 3.43. The molecule has 0 aromatic heterocycles. The van der Waals surface area contributed by atoms with E-state index >= 15 is 0 Å². The first-order valence-corrected chi connectivity index (χ1v) is 7.87. The van der Waals surface area contributed by atoms with Gasteiger partial charge < -0.3 is 9.53 Å². The number of ether oxygens (including phenoxy) is 1. The Kier molecular flexibility index (Phi) is 6.04. The molecule has 1 aliphatic rings. The Morgan fingerprint density at radius 1 is 1.42 bits per heavy atom. The number of carbonyl (C=O) groups is 1. The van der Waals surface area contributed by atoms with E-state index < -0.39 is 0 Å². The van der Waals surface area contributed by atoms with Crippen LogP contribution in [0.25, 0.3) is 0 Å². The topological polar surface area (TPSA) is 26.3 Å². The van der Waals surface area contributed by atoms with Crippen molar-refractivity contribution < 1.29 is 9.53 Å². The first-order chi connectivity index (χ1) is 8.76. The smallest absolute Gasteiger partial charge is 0.119 e. The molecular weight excluding hydrogens is 236 g/mol. The van der Waals surface area contributed by atoms with Gasteiger partial charge in [-0.15, -0.1) is 0 Å². The van der Waals surface area contributed by atoms with Crippen LogP contribution in [-0.2, 0) is 9.53 Å². The zero-order valence-electron chi connectivity index (χ0n) is 13.5. The Balaban J connectivity index is 2.44. The van der Waals surface area contributed by atoms with Crippen LogP contribution in [-0.4, -0.2) is 18.0 Å². The van der Waals surface area contributed by atoms with Crippen LogP contribution in [0.4, 0.5) is 0 Å². The number of aldehydes is 1. The molecule has 0 aromatic carbocycles. The van der Waals surface area contributed by atoms with Gasteiger partial charge >= 0.3 is 0 Å². The lowest BCUT2D eigenvalue weighted by atomic mass is 9.70. The molecule has 0 aromatic rings. The van der Waals surface area contributed by atoms with E-state index in [9.17, 15) is 4.79 Å². The summed E-state index contributed by atoms with van der Waals surface area (Å²) in [5.41, 5.74) is 0.367. The van der Waals surface area contributed by atoms with Crippen LogP contribution in [0.5, 0.6) is 0 Å². The highest BCUT2D eigenvalue weighted by atomic mass is 16.5. The Morgan fingerprint density at radius 2 is 2.11 bits per heavy atom. The van der Waals surface area contributed by atoms with Crippen molar-refractivity contribution in [3.05, 3.63) is 0 Å². The highest BCUT2D eigenvalue weighted by molar-refractivity contribution is 5.48. The quantitative estimate of drug-likeness (QED) is 0.492. The normalized spacial score (nSPS) is 25.0. The molecule has 0 heterocycles. The molecule has 0 spiro atoms. The number of rotatable bonds is 7. The highest BCUT2D eigenvalue weighted by Gasteiger charge is 2.33. The van der Waals surface area contributed by atoms with Crippen molar-refractivity contribution >= 4 is 6.29 Å². The monoisotopic (exact) mass is 268 g/mol. The Hall–Kier alpha value is -0.370. The number of carbonyl (C=O) groups excluding carboxylic acids is 1. The van der Waals surface area contributed by atoms with Gasteiger partial charge in [0.2, 0.25) is 0 Å². The van der Waals surface area contributed by atoms with Crippen LogP contribution in [0.2, 0.25) is 0 Å². The molecule has 0 saturated heterocycles. The summed E-state index contributed by atoms with van der Waals surface area (Å²) in [6.07, 6.45) is 9.13. The second kappa shape index (κ2) is 6.88. The SMILES string of the molecule is CC(OC(C)(C)CCCC=O)C1CCCC(C)(C)C1. The zero-order valence-corrected chi connectivity index (χ0v) is 13.5. The zero-order chi connectivity index (χ0) is 14.5. The van der Waals surface area contributed by atoms with Crippen LogP contribution in [0.1, 0.15) is 79.6 Å². The lowest BCUT2D eigenvalue weighted by Gasteiger charge is -2.40. The minimum Gasteiger partial charge on any atom is -0.372 e. The van der Waals surface area contributed by atoms with Crippen LogP contribution in [0.3, 0.4) is 0 Å². The largest absolute Gasteiger partial charge is 0.372 e. The van der Waals surface area contributed by atoms with Crippen LogP contribution in [0, 0.1) is 11.3 Å². The van der Waals surface area contributed by atoms with E-state index in [2.05, 4.69) is 34.6 Å². The van der Waals surface area contributed by atoms with Crippen molar-refractivity contribution in [3.63, 3.8) is 0 Å². The number of hydrogen-bond acceptors (Lipinski definition) is 2. The third kappa shape index (κ3) is 6.07. The van der Waals surface area contributed by atoms with Crippen LogP contribution < -0.4 is 0 Å². The summed E-state index contributed by atoms with van der Waals surface area (Å²) in [6, 6.07) is 0. The summed E-state index contributed by atoms with van der Waals surface area (Å²) in [7, 11) is 0. The predicted octanol–water partition coefficient (Wildman–Crippen LogP) is 4.76. The van der Waals surface area contributed by atoms with Gasteiger partial charge in [0.1, 0.15) is 6.29 Å². The first kappa shape index (κ1) is 16.7. The van der Waals surface area contributed by atoms with Gasteiger partial charge in [0, 0.05) is 6.42 Å². The van der Waals surface area contributed by atoms with Gasteiger partial charge in [-0.05, 0) is 64.2 Å². The molecule has 0 aliphatic heterocycles. The lowest BCUT2D eigenvalue weighted by Crippen LogP contribution is -2.37. The lowest BCUT2D eigenvalue weighted by molar-refractivity contribution is -0.110. The molecule has 0 N–H and O–H groups in total. The van der Waals surface area contributed by atoms with Crippen molar-refractivity contribution in [2.45, 2.75) is 91.3 Å². The Bertz CT molecular complexity index is 281. The summed E-state index contributed by atoms with van der Waals surface area (Å²) in [5, 5.41) is 0. The molecule has 112 valence electrons. The molecule has 2 nitrogen and oxygen atoms in total. The molecule has 19 heavy (non-hydrogen) atoms. The molecule has 0 bridgehead atoms. The van der Waals surface area contributed by atoms with Gasteiger partial charge in [-0.25, -0.2) is 0 Å². The maximum atomic E-state index is 10.4. The van der Waals surface area contributed by atoms with Gasteiger partial charge in [-0.1, -0.05) is 20.3 Å². The molecule has 1 saturated carbocycles. The van der Waals surface area contributed by atoms with E-state index in [-0.39, 0.29) is 5.60 Å². The van der Waals surface area contributed by atoms with Crippen LogP contribution in [0.15, 0.2) is 0 Å². The third-order valence-electron chi connectivity index (χ3n) is 4.51. The van der Waals surface area contributed by atoms with E-state index in [0.717, 1.165) is 19.1 Å². The number of hydrogen-bond donors (Lipinski definition) is 0. The molecule has 1 rings (SSSR count). The third-order valence-corrected chi connectivity index (χ3v) is 4.51. The van der Waals surface area contributed by atoms with E-state index in [1.165, 1.54) is 25.7 Å². The molecule has 2 unspecified atom stereocenters. The number of unbranched alkanes of at least 4 members (excludes halogenated alkanes) is 1. The van der Waals surface area contributed by atoms with E-state index in [0.29, 0.717) is 23.9 Å². The van der Waals surface area contributed by atoms with Gasteiger partial charge in [0.15, 0.2) is 0 Å². The van der Waals surface area contributed by atoms with Gasteiger partial charge in [-0.3, -0.25) is 0 Å². The average molecular weight is 268 g/mol. The van der Waals surface area contributed by atoms with Crippen molar-refractivity contribution in [1.29, 1.82) is 0 Å². The first-order valence-electron chi connectivity index (χ1n) is 7.87. The molecule has 1 aliphatic carbocycles. The second-order valence-corrected chi connectivity index (χ2v) is 7.66. The maximum Gasteiger partial charge on any atom is 0.119 e. The molecular formula is C17H32O2. The average Bonchev–Trinajstić information content (AvgIpc) is 2.27. The van der Waals surface area contributed by atoms with Crippen molar-refractivity contribution in [2.75, 3.05) is 0 Å². The summed E-state index contributed by atoms with van der Waals surface area (Å²) in [6.45, 7) is 11.3. The minimum atomic E-state index is -0.107. The van der Waals surface area contributed by atoms with Gasteiger partial charge in [0.25, 0.3) is 0 Å². The van der Waals surface area contributed by atoms with Crippen molar-refractivity contribution in [1.82, 2.24) is 0 Å². The Labute approximate surface area is 119 Å². The highest BCUT2D eigenvalue weighted by Crippen LogP contribution is 2.41. The van der Waals surface area contributed by atoms with Crippen molar-refractivity contribution in [2.24, 2.45) is 11.3 Å². The second-order valence-electron chi connectivity index (χ2n) is 7.66. The molecule has 0 amide bonds. The predicted molar refractivity (Wildman–Crippen MR) is 80.3 cm³/mol. The molecule has 2 heteroatoms. The van der Waals surface area contributed by atoms with Gasteiger partial charge in [-0.2, -0.15) is 0 Å². The maximum absolute atomic E-state index is 10.4. The summed E-state index contributed by atoms with van der Waals surface area (Å²) < 4.78 is 6.30. The summed E-state index contributed by atoms with van der Waals surface area (Å²) >= 11 is 0. The minimum absolute atomic E-state index is 0.107.